The second kappa shape index (κ2) is 4.37. The van der Waals surface area contributed by atoms with Crippen LogP contribution in [0.5, 0.6) is 0 Å². The predicted octanol–water partition coefficient (Wildman–Crippen LogP) is 2.37. The molecule has 0 saturated heterocycles. The number of fused-ring (bicyclic) bond motifs is 5. The first kappa shape index (κ1) is 11.0. The topological polar surface area (TPSA) is 40.7 Å². The van der Waals surface area contributed by atoms with Gasteiger partial charge in [-0.05, 0) is 49.4 Å². The molecule has 3 aliphatic carbocycles. The lowest BCUT2D eigenvalue weighted by Gasteiger charge is -2.32. The van der Waals surface area contributed by atoms with Crippen LogP contribution in [0.25, 0.3) is 0 Å². The SMILES string of the molecule is c1c[nH]c(CCNC2CC3CC2C2CCCC32)n1. The summed E-state index contributed by atoms with van der Waals surface area (Å²) in [6, 6.07) is 0.810. The fourth-order valence-electron chi connectivity index (χ4n) is 5.11. The summed E-state index contributed by atoms with van der Waals surface area (Å²) in [6.45, 7) is 1.08. The van der Waals surface area contributed by atoms with E-state index in [2.05, 4.69) is 15.3 Å². The number of imidazole rings is 1. The molecular weight excluding hydrogens is 222 g/mol. The van der Waals surface area contributed by atoms with Crippen molar-refractivity contribution in [1.29, 1.82) is 0 Å². The Morgan fingerprint density at radius 2 is 2.17 bits per heavy atom. The van der Waals surface area contributed by atoms with Gasteiger partial charge in [-0.2, -0.15) is 0 Å². The molecular formula is C15H23N3. The second-order valence-electron chi connectivity index (χ2n) is 6.50. The highest BCUT2D eigenvalue weighted by Crippen LogP contribution is 2.58. The maximum atomic E-state index is 4.29. The molecule has 2 bridgehead atoms. The van der Waals surface area contributed by atoms with Crippen LogP contribution in [0.1, 0.15) is 37.9 Å². The molecule has 0 spiro atoms. The predicted molar refractivity (Wildman–Crippen MR) is 71.1 cm³/mol. The zero-order valence-electron chi connectivity index (χ0n) is 10.9. The lowest BCUT2D eigenvalue weighted by molar-refractivity contribution is 0.209. The van der Waals surface area contributed by atoms with Gasteiger partial charge in [0.05, 0.1) is 0 Å². The maximum absolute atomic E-state index is 4.29. The van der Waals surface area contributed by atoms with Crippen LogP contribution >= 0.6 is 0 Å². The lowest BCUT2D eigenvalue weighted by atomic mass is 9.79. The van der Waals surface area contributed by atoms with E-state index in [1.807, 2.05) is 12.4 Å². The highest BCUT2D eigenvalue weighted by atomic mass is 15.0. The van der Waals surface area contributed by atoms with Crippen molar-refractivity contribution in [1.82, 2.24) is 15.3 Å². The fraction of sp³-hybridized carbons (Fsp3) is 0.800. The average molecular weight is 245 g/mol. The van der Waals surface area contributed by atoms with E-state index in [-0.39, 0.29) is 0 Å². The van der Waals surface area contributed by atoms with Crippen molar-refractivity contribution in [2.75, 3.05) is 6.54 Å². The third kappa shape index (κ3) is 1.71. The molecule has 3 saturated carbocycles. The molecule has 0 aliphatic heterocycles. The Morgan fingerprint density at radius 1 is 1.22 bits per heavy atom. The maximum Gasteiger partial charge on any atom is 0.107 e. The third-order valence-electron chi connectivity index (χ3n) is 5.75. The van der Waals surface area contributed by atoms with Gasteiger partial charge in [-0.3, -0.25) is 0 Å². The molecule has 2 N–H and O–H groups in total. The molecule has 0 radical (unpaired) electrons. The van der Waals surface area contributed by atoms with E-state index in [4.69, 9.17) is 0 Å². The summed E-state index contributed by atoms with van der Waals surface area (Å²) in [7, 11) is 0. The number of aromatic nitrogens is 2. The summed E-state index contributed by atoms with van der Waals surface area (Å²) < 4.78 is 0. The quantitative estimate of drug-likeness (QED) is 0.855. The minimum absolute atomic E-state index is 0.810. The van der Waals surface area contributed by atoms with E-state index in [9.17, 15) is 0 Å². The highest BCUT2D eigenvalue weighted by Gasteiger charge is 2.53. The van der Waals surface area contributed by atoms with E-state index in [0.29, 0.717) is 0 Å². The van der Waals surface area contributed by atoms with Gasteiger partial charge in [0.2, 0.25) is 0 Å². The van der Waals surface area contributed by atoms with Crippen LogP contribution in [0.4, 0.5) is 0 Å². The van der Waals surface area contributed by atoms with E-state index >= 15 is 0 Å². The molecule has 4 rings (SSSR count). The Morgan fingerprint density at radius 3 is 3.06 bits per heavy atom. The smallest absolute Gasteiger partial charge is 0.107 e. The van der Waals surface area contributed by atoms with Gasteiger partial charge in [-0.1, -0.05) is 6.42 Å². The Labute approximate surface area is 109 Å². The van der Waals surface area contributed by atoms with E-state index in [1.165, 1.54) is 32.1 Å². The normalized spacial score (nSPS) is 41.4. The van der Waals surface area contributed by atoms with Gasteiger partial charge in [-0.25, -0.2) is 4.98 Å². The molecule has 18 heavy (non-hydrogen) atoms. The summed E-state index contributed by atoms with van der Waals surface area (Å²) in [5.41, 5.74) is 0. The largest absolute Gasteiger partial charge is 0.349 e. The summed E-state index contributed by atoms with van der Waals surface area (Å²) >= 11 is 0. The van der Waals surface area contributed by atoms with Crippen LogP contribution in [-0.4, -0.2) is 22.6 Å². The monoisotopic (exact) mass is 245 g/mol. The summed E-state index contributed by atoms with van der Waals surface area (Å²) in [5.74, 6) is 5.36. The third-order valence-corrected chi connectivity index (χ3v) is 5.75. The standard InChI is InChI=1S/C15H23N3/c1-2-11-10-8-13(12(11)3-1)14(9-10)16-5-4-15-17-6-7-18-15/h6-7,10-14,16H,1-5,8-9H2,(H,17,18). The van der Waals surface area contributed by atoms with Crippen LogP contribution in [0.2, 0.25) is 0 Å². The van der Waals surface area contributed by atoms with Gasteiger partial charge in [0.1, 0.15) is 5.82 Å². The first-order valence-corrected chi connectivity index (χ1v) is 7.63. The first-order valence-electron chi connectivity index (χ1n) is 7.63. The minimum Gasteiger partial charge on any atom is -0.349 e. The molecule has 1 aromatic heterocycles. The van der Waals surface area contributed by atoms with Gasteiger partial charge in [0.15, 0.2) is 0 Å². The Hall–Kier alpha value is -0.830. The number of H-pyrrole nitrogens is 1. The Kier molecular flexibility index (Phi) is 2.68. The lowest BCUT2D eigenvalue weighted by Crippen LogP contribution is -2.40. The Bertz CT molecular complexity index is 400. The molecule has 3 heteroatoms. The Balaban J connectivity index is 1.32. The molecule has 3 nitrogen and oxygen atoms in total. The minimum atomic E-state index is 0.810. The zero-order valence-corrected chi connectivity index (χ0v) is 10.9. The first-order chi connectivity index (χ1) is 8.92. The van der Waals surface area contributed by atoms with E-state index in [1.54, 1.807) is 0 Å². The molecule has 5 unspecified atom stereocenters. The van der Waals surface area contributed by atoms with Crippen molar-refractivity contribution >= 4 is 0 Å². The van der Waals surface area contributed by atoms with Crippen LogP contribution in [0.3, 0.4) is 0 Å². The van der Waals surface area contributed by atoms with E-state index in [0.717, 1.165) is 48.5 Å². The number of aromatic amines is 1. The molecule has 3 fully saturated rings. The molecule has 5 atom stereocenters. The number of nitrogens with one attached hydrogen (secondary N) is 2. The van der Waals surface area contributed by atoms with E-state index < -0.39 is 0 Å². The number of rotatable bonds is 4. The van der Waals surface area contributed by atoms with Crippen molar-refractivity contribution in [2.24, 2.45) is 23.7 Å². The molecule has 3 aliphatic rings. The van der Waals surface area contributed by atoms with Crippen LogP contribution in [0.15, 0.2) is 12.4 Å². The molecule has 0 amide bonds. The van der Waals surface area contributed by atoms with Gasteiger partial charge in [0, 0.05) is 31.4 Å². The number of hydrogen-bond donors (Lipinski definition) is 2. The zero-order chi connectivity index (χ0) is 11.9. The average Bonchev–Trinajstić information content (AvgIpc) is 3.12. The van der Waals surface area contributed by atoms with Gasteiger partial charge in [-0.15, -0.1) is 0 Å². The number of hydrogen-bond acceptors (Lipinski definition) is 2. The summed E-state index contributed by atoms with van der Waals surface area (Å²) in [5, 5.41) is 3.80. The van der Waals surface area contributed by atoms with Crippen LogP contribution < -0.4 is 5.32 Å². The van der Waals surface area contributed by atoms with Gasteiger partial charge >= 0.3 is 0 Å². The van der Waals surface area contributed by atoms with Crippen LogP contribution in [-0.2, 0) is 6.42 Å². The molecule has 1 aromatic rings. The molecule has 1 heterocycles. The van der Waals surface area contributed by atoms with Gasteiger partial charge < -0.3 is 10.3 Å². The highest BCUT2D eigenvalue weighted by molar-refractivity contribution is 5.05. The molecule has 98 valence electrons. The summed E-state index contributed by atoms with van der Waals surface area (Å²) in [6.07, 6.45) is 12.3. The second-order valence-corrected chi connectivity index (χ2v) is 6.50. The van der Waals surface area contributed by atoms with Gasteiger partial charge in [0.25, 0.3) is 0 Å². The summed E-state index contributed by atoms with van der Waals surface area (Å²) in [4.78, 5) is 7.47. The van der Waals surface area contributed by atoms with Crippen molar-refractivity contribution in [3.63, 3.8) is 0 Å². The van der Waals surface area contributed by atoms with Crippen molar-refractivity contribution in [3.8, 4) is 0 Å². The van der Waals surface area contributed by atoms with Crippen molar-refractivity contribution in [2.45, 2.75) is 44.6 Å². The van der Waals surface area contributed by atoms with Crippen molar-refractivity contribution < 1.29 is 0 Å². The molecule has 0 aromatic carbocycles. The fourth-order valence-corrected chi connectivity index (χ4v) is 5.11. The number of nitrogens with zero attached hydrogens (tertiary/aromatic N) is 1. The van der Waals surface area contributed by atoms with Crippen LogP contribution in [0, 0.1) is 23.7 Å². The van der Waals surface area contributed by atoms with Crippen molar-refractivity contribution in [3.05, 3.63) is 18.2 Å².